The van der Waals surface area contributed by atoms with Crippen molar-refractivity contribution in [1.29, 1.82) is 0 Å². The Hall–Kier alpha value is -0.790. The number of fused-ring (bicyclic) bond motifs is 2. The monoisotopic (exact) mass is 222 g/mol. The summed E-state index contributed by atoms with van der Waals surface area (Å²) in [5.74, 6) is 2.05. The van der Waals surface area contributed by atoms with Crippen LogP contribution < -0.4 is 0 Å². The summed E-state index contributed by atoms with van der Waals surface area (Å²) in [6.07, 6.45) is 4.81. The molecule has 16 heavy (non-hydrogen) atoms. The molecule has 0 aromatic rings. The first kappa shape index (κ1) is 11.7. The number of rotatable bonds is 3. The van der Waals surface area contributed by atoms with Gasteiger partial charge in [-0.3, -0.25) is 0 Å². The largest absolute Gasteiger partial charge is 0.466 e. The normalized spacial score (nSPS) is 35.1. The Kier molecular flexibility index (Phi) is 2.85. The lowest BCUT2D eigenvalue weighted by molar-refractivity contribution is -0.136. The summed E-state index contributed by atoms with van der Waals surface area (Å²) in [4.78, 5) is 11.3. The molecule has 0 aliphatic heterocycles. The van der Waals surface area contributed by atoms with E-state index in [-0.39, 0.29) is 5.97 Å². The quantitative estimate of drug-likeness (QED) is 0.541. The standard InChI is InChI=1S/C14H22O2/c1-9(13(15)16-4)7-10-8-11-5-6-12(10)14(11,2)3/h10-12H,1,5-8H2,2-4H3. The highest BCUT2D eigenvalue weighted by Gasteiger charge is 2.52. The predicted octanol–water partition coefficient (Wildman–Crippen LogP) is 3.18. The van der Waals surface area contributed by atoms with Crippen molar-refractivity contribution in [3.05, 3.63) is 12.2 Å². The molecule has 0 amide bonds. The zero-order valence-electron chi connectivity index (χ0n) is 10.6. The summed E-state index contributed by atoms with van der Waals surface area (Å²) >= 11 is 0. The van der Waals surface area contributed by atoms with E-state index in [1.54, 1.807) is 0 Å². The maximum absolute atomic E-state index is 11.3. The first-order chi connectivity index (χ1) is 7.46. The van der Waals surface area contributed by atoms with Crippen LogP contribution >= 0.6 is 0 Å². The van der Waals surface area contributed by atoms with Crippen molar-refractivity contribution in [3.63, 3.8) is 0 Å². The Morgan fingerprint density at radius 3 is 2.56 bits per heavy atom. The van der Waals surface area contributed by atoms with Crippen LogP contribution in [0.25, 0.3) is 0 Å². The van der Waals surface area contributed by atoms with Gasteiger partial charge in [-0.25, -0.2) is 4.79 Å². The van der Waals surface area contributed by atoms with Gasteiger partial charge in [0.15, 0.2) is 0 Å². The topological polar surface area (TPSA) is 26.3 Å². The van der Waals surface area contributed by atoms with Crippen LogP contribution in [0.2, 0.25) is 0 Å². The Bertz CT molecular complexity index is 317. The fourth-order valence-electron chi connectivity index (χ4n) is 3.99. The second kappa shape index (κ2) is 3.90. The lowest BCUT2D eigenvalue weighted by Gasteiger charge is -2.26. The van der Waals surface area contributed by atoms with E-state index in [1.807, 2.05) is 0 Å². The molecular formula is C14H22O2. The van der Waals surface area contributed by atoms with Crippen LogP contribution in [0.5, 0.6) is 0 Å². The van der Waals surface area contributed by atoms with Crippen molar-refractivity contribution in [2.45, 2.75) is 39.5 Å². The summed E-state index contributed by atoms with van der Waals surface area (Å²) in [6, 6.07) is 0. The van der Waals surface area contributed by atoms with E-state index in [1.165, 1.54) is 26.4 Å². The number of carbonyl (C=O) groups is 1. The number of hydrogen-bond donors (Lipinski definition) is 0. The number of hydrogen-bond acceptors (Lipinski definition) is 2. The van der Waals surface area contributed by atoms with Crippen molar-refractivity contribution in [2.24, 2.45) is 23.2 Å². The van der Waals surface area contributed by atoms with E-state index in [0.717, 1.165) is 18.3 Å². The van der Waals surface area contributed by atoms with Crippen LogP contribution in [0.4, 0.5) is 0 Å². The smallest absolute Gasteiger partial charge is 0.333 e. The average molecular weight is 222 g/mol. The van der Waals surface area contributed by atoms with Crippen molar-refractivity contribution in [1.82, 2.24) is 0 Å². The molecule has 2 aliphatic rings. The Morgan fingerprint density at radius 2 is 2.12 bits per heavy atom. The second-order valence-corrected chi connectivity index (χ2v) is 6.00. The summed E-state index contributed by atoms with van der Waals surface area (Å²) in [6.45, 7) is 8.62. The summed E-state index contributed by atoms with van der Waals surface area (Å²) in [5, 5.41) is 0. The van der Waals surface area contributed by atoms with Crippen LogP contribution in [0.3, 0.4) is 0 Å². The number of methoxy groups -OCH3 is 1. The molecule has 0 aromatic heterocycles. The number of carbonyl (C=O) groups excluding carboxylic acids is 1. The molecule has 0 saturated heterocycles. The SMILES string of the molecule is C=C(CC1CC2CCC1C2(C)C)C(=O)OC. The van der Waals surface area contributed by atoms with Gasteiger partial charge in [0.1, 0.15) is 0 Å². The van der Waals surface area contributed by atoms with Gasteiger partial charge in [0, 0.05) is 5.57 Å². The van der Waals surface area contributed by atoms with Gasteiger partial charge in [-0.15, -0.1) is 0 Å². The Balaban J connectivity index is 1.99. The van der Waals surface area contributed by atoms with Gasteiger partial charge >= 0.3 is 5.97 Å². The van der Waals surface area contributed by atoms with Gasteiger partial charge in [-0.05, 0) is 48.9 Å². The van der Waals surface area contributed by atoms with E-state index < -0.39 is 0 Å². The van der Waals surface area contributed by atoms with Gasteiger partial charge in [0.2, 0.25) is 0 Å². The van der Waals surface area contributed by atoms with Crippen molar-refractivity contribution in [3.8, 4) is 0 Å². The Labute approximate surface area is 98.1 Å². The molecular weight excluding hydrogens is 200 g/mol. The zero-order valence-corrected chi connectivity index (χ0v) is 10.6. The van der Waals surface area contributed by atoms with E-state index in [2.05, 4.69) is 20.4 Å². The fraction of sp³-hybridized carbons (Fsp3) is 0.786. The lowest BCUT2D eigenvalue weighted by atomic mass is 9.78. The molecule has 2 aliphatic carbocycles. The third kappa shape index (κ3) is 1.68. The molecule has 0 N–H and O–H groups in total. The summed E-state index contributed by atoms with van der Waals surface area (Å²) < 4.78 is 4.72. The highest BCUT2D eigenvalue weighted by atomic mass is 16.5. The predicted molar refractivity (Wildman–Crippen MR) is 63.9 cm³/mol. The molecule has 2 rings (SSSR count). The van der Waals surface area contributed by atoms with Crippen LogP contribution in [0, 0.1) is 23.2 Å². The molecule has 2 saturated carbocycles. The molecule has 0 heterocycles. The zero-order chi connectivity index (χ0) is 11.9. The molecule has 2 heteroatoms. The average Bonchev–Trinajstić information content (AvgIpc) is 2.65. The Morgan fingerprint density at radius 1 is 1.44 bits per heavy atom. The first-order valence-electron chi connectivity index (χ1n) is 6.23. The molecule has 3 unspecified atom stereocenters. The number of ether oxygens (including phenoxy) is 1. The molecule has 0 aromatic carbocycles. The van der Waals surface area contributed by atoms with E-state index in [9.17, 15) is 4.79 Å². The summed E-state index contributed by atoms with van der Waals surface area (Å²) in [5.41, 5.74) is 1.12. The van der Waals surface area contributed by atoms with Crippen LogP contribution in [-0.2, 0) is 9.53 Å². The van der Waals surface area contributed by atoms with Gasteiger partial charge in [0.05, 0.1) is 7.11 Å². The van der Waals surface area contributed by atoms with E-state index >= 15 is 0 Å². The molecule has 2 nitrogen and oxygen atoms in total. The van der Waals surface area contributed by atoms with E-state index in [0.29, 0.717) is 16.9 Å². The molecule has 0 radical (unpaired) electrons. The second-order valence-electron chi connectivity index (χ2n) is 6.00. The van der Waals surface area contributed by atoms with Crippen LogP contribution in [0.15, 0.2) is 12.2 Å². The van der Waals surface area contributed by atoms with Crippen molar-refractivity contribution < 1.29 is 9.53 Å². The van der Waals surface area contributed by atoms with Gasteiger partial charge in [-0.2, -0.15) is 0 Å². The minimum atomic E-state index is -0.236. The van der Waals surface area contributed by atoms with Gasteiger partial charge in [-0.1, -0.05) is 20.4 Å². The van der Waals surface area contributed by atoms with Gasteiger partial charge in [0.25, 0.3) is 0 Å². The van der Waals surface area contributed by atoms with Gasteiger partial charge < -0.3 is 4.74 Å². The maximum atomic E-state index is 11.3. The first-order valence-corrected chi connectivity index (χ1v) is 6.23. The highest BCUT2D eigenvalue weighted by Crippen LogP contribution is 2.61. The van der Waals surface area contributed by atoms with Crippen LogP contribution in [-0.4, -0.2) is 13.1 Å². The van der Waals surface area contributed by atoms with Crippen LogP contribution in [0.1, 0.15) is 39.5 Å². The molecule has 0 spiro atoms. The van der Waals surface area contributed by atoms with Crippen molar-refractivity contribution in [2.75, 3.05) is 7.11 Å². The lowest BCUT2D eigenvalue weighted by Crippen LogP contribution is -2.20. The molecule has 2 fully saturated rings. The van der Waals surface area contributed by atoms with Crippen molar-refractivity contribution >= 4 is 5.97 Å². The van der Waals surface area contributed by atoms with E-state index in [4.69, 9.17) is 4.74 Å². The minimum Gasteiger partial charge on any atom is -0.466 e. The minimum absolute atomic E-state index is 0.236. The maximum Gasteiger partial charge on any atom is 0.333 e. The highest BCUT2D eigenvalue weighted by molar-refractivity contribution is 5.87. The molecule has 2 bridgehead atoms. The number of esters is 1. The summed E-state index contributed by atoms with van der Waals surface area (Å²) in [7, 11) is 1.43. The molecule has 3 atom stereocenters. The molecule has 90 valence electrons. The fourth-order valence-corrected chi connectivity index (χ4v) is 3.99. The third-order valence-corrected chi connectivity index (χ3v) is 4.97. The third-order valence-electron chi connectivity index (χ3n) is 4.97.